The molecule has 4 nitrogen and oxygen atoms in total. The van der Waals surface area contributed by atoms with E-state index in [2.05, 4.69) is 4.98 Å². The number of pyridine rings is 1. The first-order valence-corrected chi connectivity index (χ1v) is 7.20. The normalized spacial score (nSPS) is 13.4. The zero-order chi connectivity index (χ0) is 14.3. The largest absolute Gasteiger partial charge is 0.329 e. The Kier molecular flexibility index (Phi) is 3.14. The minimum atomic E-state index is -0.0173. The highest BCUT2D eigenvalue weighted by Crippen LogP contribution is 2.26. The van der Waals surface area contributed by atoms with Gasteiger partial charge < -0.3 is 4.90 Å². The summed E-state index contributed by atoms with van der Waals surface area (Å²) in [6.07, 6.45) is 1.84. The third-order valence-corrected chi connectivity index (χ3v) is 4.57. The second kappa shape index (κ2) is 4.83. The second-order valence-electron chi connectivity index (χ2n) is 4.98. The van der Waals surface area contributed by atoms with E-state index in [-0.39, 0.29) is 11.7 Å². The first-order chi connectivity index (χ1) is 9.54. The summed E-state index contributed by atoms with van der Waals surface area (Å²) in [4.78, 5) is 31.0. The lowest BCUT2D eigenvalue weighted by Gasteiger charge is -2.13. The van der Waals surface area contributed by atoms with Gasteiger partial charge in [-0.1, -0.05) is 0 Å². The molecule has 2 aromatic heterocycles. The number of amides is 1. The van der Waals surface area contributed by atoms with E-state index in [1.54, 1.807) is 17.0 Å². The van der Waals surface area contributed by atoms with Crippen LogP contribution in [-0.4, -0.2) is 21.6 Å². The Hall–Kier alpha value is -2.01. The average Bonchev–Trinajstić information content (AvgIpc) is 3.03. The molecular formula is C15H14N2O2S. The molecule has 0 saturated heterocycles. The van der Waals surface area contributed by atoms with Crippen molar-refractivity contribution in [3.63, 3.8) is 0 Å². The Bertz CT molecular complexity index is 706. The number of ketones is 1. The molecule has 20 heavy (non-hydrogen) atoms. The van der Waals surface area contributed by atoms with Gasteiger partial charge in [0.25, 0.3) is 5.91 Å². The van der Waals surface area contributed by atoms with Crippen LogP contribution in [0.4, 0.5) is 0 Å². The molecule has 0 fully saturated rings. The molecule has 1 amide bonds. The average molecular weight is 286 g/mol. The molecule has 0 aliphatic carbocycles. The van der Waals surface area contributed by atoms with Crippen LogP contribution < -0.4 is 0 Å². The summed E-state index contributed by atoms with van der Waals surface area (Å²) in [7, 11) is 0. The fourth-order valence-electron chi connectivity index (χ4n) is 2.34. The molecule has 3 rings (SSSR count). The Morgan fingerprint density at radius 2 is 1.90 bits per heavy atom. The van der Waals surface area contributed by atoms with E-state index < -0.39 is 0 Å². The summed E-state index contributed by atoms with van der Waals surface area (Å²) in [5.41, 5.74) is 3.23. The molecule has 0 bridgehead atoms. The summed E-state index contributed by atoms with van der Waals surface area (Å²) in [6, 6.07) is 5.48. The molecule has 0 radical (unpaired) electrons. The molecule has 0 saturated carbocycles. The molecule has 0 aromatic carbocycles. The van der Waals surface area contributed by atoms with Gasteiger partial charge in [-0.25, -0.2) is 0 Å². The fraction of sp³-hybridized carbons (Fsp3) is 0.267. The lowest BCUT2D eigenvalue weighted by atomic mass is 10.2. The summed E-state index contributed by atoms with van der Waals surface area (Å²) in [5, 5.41) is 0. The fourth-order valence-corrected chi connectivity index (χ4v) is 3.21. The van der Waals surface area contributed by atoms with Crippen LogP contribution in [0.3, 0.4) is 0 Å². The summed E-state index contributed by atoms with van der Waals surface area (Å²) in [6.45, 7) is 4.67. The minimum absolute atomic E-state index is 0.00131. The molecular weight excluding hydrogens is 272 g/mol. The molecule has 5 heteroatoms. The molecule has 1 aliphatic heterocycles. The highest BCUT2D eigenvalue weighted by Gasteiger charge is 2.25. The molecule has 0 spiro atoms. The van der Waals surface area contributed by atoms with Crippen molar-refractivity contribution in [2.45, 2.75) is 26.9 Å². The number of fused-ring (bicyclic) bond motifs is 1. The molecule has 0 unspecified atom stereocenters. The maximum Gasteiger partial charge on any atom is 0.264 e. The summed E-state index contributed by atoms with van der Waals surface area (Å²) in [5.74, 6) is -0.0186. The zero-order valence-corrected chi connectivity index (χ0v) is 12.2. The van der Waals surface area contributed by atoms with E-state index in [1.165, 1.54) is 18.3 Å². The SMILES string of the molecule is CC(=O)c1ccc(C(=O)N2Cc3cnc(C)cc3C2)s1. The topological polar surface area (TPSA) is 50.3 Å². The van der Waals surface area contributed by atoms with Gasteiger partial charge in [-0.05, 0) is 43.2 Å². The first kappa shape index (κ1) is 13.0. The van der Waals surface area contributed by atoms with Crippen molar-refractivity contribution in [3.05, 3.63) is 51.0 Å². The number of carbonyl (C=O) groups excluding carboxylic acids is 2. The lowest BCUT2D eigenvalue weighted by molar-refractivity contribution is 0.0756. The number of aromatic nitrogens is 1. The van der Waals surface area contributed by atoms with Crippen LogP contribution >= 0.6 is 11.3 Å². The lowest BCUT2D eigenvalue weighted by Crippen LogP contribution is -2.24. The van der Waals surface area contributed by atoms with Crippen LogP contribution in [0.25, 0.3) is 0 Å². The van der Waals surface area contributed by atoms with Crippen LogP contribution in [0.5, 0.6) is 0 Å². The molecule has 102 valence electrons. The number of carbonyl (C=O) groups is 2. The highest BCUT2D eigenvalue weighted by atomic mass is 32.1. The van der Waals surface area contributed by atoms with Gasteiger partial charge in [0.1, 0.15) is 0 Å². The van der Waals surface area contributed by atoms with Gasteiger partial charge in [0.05, 0.1) is 9.75 Å². The predicted octanol–water partition coefficient (Wildman–Crippen LogP) is 2.81. The number of rotatable bonds is 2. The number of nitrogens with zero attached hydrogens (tertiary/aromatic N) is 2. The van der Waals surface area contributed by atoms with E-state index in [4.69, 9.17) is 0 Å². The van der Waals surface area contributed by atoms with Gasteiger partial charge in [-0.3, -0.25) is 14.6 Å². The van der Waals surface area contributed by atoms with Crippen LogP contribution in [0, 0.1) is 6.92 Å². The van der Waals surface area contributed by atoms with Crippen LogP contribution in [0.2, 0.25) is 0 Å². The maximum atomic E-state index is 12.4. The number of Topliss-reactive ketones (excluding diaryl/α,β-unsaturated/α-hetero) is 1. The summed E-state index contributed by atoms with van der Waals surface area (Å²) < 4.78 is 0. The number of thiophene rings is 1. The Labute approximate surface area is 121 Å². The van der Waals surface area contributed by atoms with Gasteiger partial charge in [0, 0.05) is 25.0 Å². The van der Waals surface area contributed by atoms with E-state index in [1.807, 2.05) is 19.2 Å². The van der Waals surface area contributed by atoms with E-state index in [9.17, 15) is 9.59 Å². The molecule has 0 atom stereocenters. The zero-order valence-electron chi connectivity index (χ0n) is 11.3. The van der Waals surface area contributed by atoms with Crippen LogP contribution in [0.1, 0.15) is 43.1 Å². The number of hydrogen-bond acceptors (Lipinski definition) is 4. The van der Waals surface area contributed by atoms with Crippen LogP contribution in [-0.2, 0) is 13.1 Å². The van der Waals surface area contributed by atoms with Crippen molar-refractivity contribution in [2.75, 3.05) is 0 Å². The van der Waals surface area contributed by atoms with Crippen LogP contribution in [0.15, 0.2) is 24.4 Å². The van der Waals surface area contributed by atoms with Crippen molar-refractivity contribution in [2.24, 2.45) is 0 Å². The van der Waals surface area contributed by atoms with E-state index >= 15 is 0 Å². The van der Waals surface area contributed by atoms with Gasteiger partial charge >= 0.3 is 0 Å². The molecule has 0 N–H and O–H groups in total. The highest BCUT2D eigenvalue weighted by molar-refractivity contribution is 7.15. The summed E-state index contributed by atoms with van der Waals surface area (Å²) >= 11 is 1.26. The standard InChI is InChI=1S/C15H14N2O2S/c1-9-5-11-7-17(8-12(11)6-16-9)15(19)14-4-3-13(20-14)10(2)18/h3-6H,7-8H2,1-2H3. The third kappa shape index (κ3) is 2.25. The van der Waals surface area contributed by atoms with Gasteiger partial charge in [0.2, 0.25) is 0 Å². The smallest absolute Gasteiger partial charge is 0.264 e. The monoisotopic (exact) mass is 286 g/mol. The van der Waals surface area contributed by atoms with Gasteiger partial charge in [-0.2, -0.15) is 0 Å². The van der Waals surface area contributed by atoms with Crippen molar-refractivity contribution in [1.29, 1.82) is 0 Å². The number of aryl methyl sites for hydroxylation is 1. The van der Waals surface area contributed by atoms with E-state index in [0.717, 1.165) is 16.8 Å². The van der Waals surface area contributed by atoms with Crippen molar-refractivity contribution in [3.8, 4) is 0 Å². The molecule has 2 aromatic rings. The molecule has 1 aliphatic rings. The Morgan fingerprint density at radius 3 is 2.60 bits per heavy atom. The van der Waals surface area contributed by atoms with Crippen molar-refractivity contribution < 1.29 is 9.59 Å². The quantitative estimate of drug-likeness (QED) is 0.798. The van der Waals surface area contributed by atoms with E-state index in [0.29, 0.717) is 22.8 Å². The molecule has 3 heterocycles. The van der Waals surface area contributed by atoms with Crippen molar-refractivity contribution >= 4 is 23.0 Å². The minimum Gasteiger partial charge on any atom is -0.329 e. The van der Waals surface area contributed by atoms with Gasteiger partial charge in [0.15, 0.2) is 5.78 Å². The third-order valence-electron chi connectivity index (χ3n) is 3.39. The predicted molar refractivity (Wildman–Crippen MR) is 76.9 cm³/mol. The Balaban J connectivity index is 1.81. The number of hydrogen-bond donors (Lipinski definition) is 0. The second-order valence-corrected chi connectivity index (χ2v) is 6.06. The van der Waals surface area contributed by atoms with Gasteiger partial charge in [-0.15, -0.1) is 11.3 Å². The maximum absolute atomic E-state index is 12.4. The first-order valence-electron chi connectivity index (χ1n) is 6.39. The Morgan fingerprint density at radius 1 is 1.20 bits per heavy atom. The van der Waals surface area contributed by atoms with Crippen molar-refractivity contribution in [1.82, 2.24) is 9.88 Å².